The fourth-order valence-electron chi connectivity index (χ4n) is 1.69. The average molecular weight is 261 g/mol. The van der Waals surface area contributed by atoms with Crippen LogP contribution in [0, 0.1) is 0 Å². The summed E-state index contributed by atoms with van der Waals surface area (Å²) in [5.41, 5.74) is 7.90. The van der Waals surface area contributed by atoms with E-state index in [9.17, 15) is 0 Å². The molecule has 0 saturated carbocycles. The van der Waals surface area contributed by atoms with Gasteiger partial charge in [0.15, 0.2) is 17.3 Å². The number of hydrogen-bond acceptors (Lipinski definition) is 7. The van der Waals surface area contributed by atoms with Gasteiger partial charge in [0.2, 0.25) is 0 Å². The number of anilines is 1. The van der Waals surface area contributed by atoms with Gasteiger partial charge in [-0.05, 0) is 17.5 Å². The highest BCUT2D eigenvalue weighted by Crippen LogP contribution is 2.30. The van der Waals surface area contributed by atoms with E-state index in [1.54, 1.807) is 0 Å². The van der Waals surface area contributed by atoms with Crippen molar-refractivity contribution in [1.82, 2.24) is 29.5 Å². The van der Waals surface area contributed by atoms with Crippen LogP contribution in [-0.2, 0) is 0 Å². The third-order valence-corrected chi connectivity index (χ3v) is 3.34. The molecule has 7 nitrogen and oxygen atoms in total. The van der Waals surface area contributed by atoms with Crippen LogP contribution in [0.1, 0.15) is 25.5 Å². The summed E-state index contributed by atoms with van der Waals surface area (Å²) >= 11 is 1.31. The van der Waals surface area contributed by atoms with E-state index in [1.807, 2.05) is 0 Å². The predicted molar refractivity (Wildman–Crippen MR) is 69.1 cm³/mol. The molecular formula is C10H11N7S. The predicted octanol–water partition coefficient (Wildman–Crippen LogP) is 1.58. The van der Waals surface area contributed by atoms with Gasteiger partial charge in [-0.2, -0.15) is 0 Å². The van der Waals surface area contributed by atoms with Crippen LogP contribution in [0.5, 0.6) is 0 Å². The van der Waals surface area contributed by atoms with Crippen molar-refractivity contribution in [2.24, 2.45) is 0 Å². The Morgan fingerprint density at radius 3 is 2.89 bits per heavy atom. The number of rotatable bonds is 2. The number of H-pyrrole nitrogens is 1. The van der Waals surface area contributed by atoms with Crippen LogP contribution in [0.2, 0.25) is 0 Å². The first-order chi connectivity index (χ1) is 8.66. The van der Waals surface area contributed by atoms with E-state index in [0.29, 0.717) is 22.8 Å². The van der Waals surface area contributed by atoms with Gasteiger partial charge in [-0.1, -0.05) is 18.3 Å². The Kier molecular flexibility index (Phi) is 2.44. The van der Waals surface area contributed by atoms with Gasteiger partial charge in [-0.15, -0.1) is 5.10 Å². The fraction of sp³-hybridized carbons (Fsp3) is 0.300. The third-order valence-electron chi connectivity index (χ3n) is 2.59. The molecule has 0 aliphatic rings. The van der Waals surface area contributed by atoms with E-state index in [4.69, 9.17) is 5.73 Å². The standard InChI is InChI=1S/C10H11N7S/c1-4(2)5-7(18-17-16-5)10-14-6-8(11)12-3-13-9(6)15-10/h3-4H,1-2H3,(H3,11,12,13,14,15). The number of nitrogens with one attached hydrogen (secondary N) is 1. The van der Waals surface area contributed by atoms with Crippen LogP contribution in [-0.4, -0.2) is 29.5 Å². The molecule has 3 N–H and O–H groups in total. The maximum Gasteiger partial charge on any atom is 0.183 e. The topological polar surface area (TPSA) is 106 Å². The third kappa shape index (κ3) is 1.61. The SMILES string of the molecule is CC(C)c1nnsc1-c1nc2ncnc(N)c2[nH]1. The Morgan fingerprint density at radius 1 is 1.33 bits per heavy atom. The Bertz CT molecular complexity index is 699. The molecule has 0 bridgehead atoms. The molecule has 0 aromatic carbocycles. The van der Waals surface area contributed by atoms with Gasteiger partial charge in [0.25, 0.3) is 0 Å². The Hall–Kier alpha value is -2.09. The van der Waals surface area contributed by atoms with E-state index in [0.717, 1.165) is 10.6 Å². The lowest BCUT2D eigenvalue weighted by Crippen LogP contribution is -1.92. The van der Waals surface area contributed by atoms with Crippen molar-refractivity contribution in [3.8, 4) is 10.7 Å². The second-order valence-electron chi connectivity index (χ2n) is 4.18. The smallest absolute Gasteiger partial charge is 0.183 e. The molecule has 8 heteroatoms. The molecule has 0 aliphatic heterocycles. The van der Waals surface area contributed by atoms with Gasteiger partial charge in [0, 0.05) is 0 Å². The zero-order chi connectivity index (χ0) is 12.7. The van der Waals surface area contributed by atoms with Crippen molar-refractivity contribution in [2.45, 2.75) is 19.8 Å². The highest BCUT2D eigenvalue weighted by Gasteiger charge is 2.17. The Balaban J connectivity index is 2.20. The lowest BCUT2D eigenvalue weighted by molar-refractivity contribution is 0.813. The van der Waals surface area contributed by atoms with Crippen LogP contribution < -0.4 is 5.73 Å². The van der Waals surface area contributed by atoms with Gasteiger partial charge >= 0.3 is 0 Å². The van der Waals surface area contributed by atoms with Crippen LogP contribution in [0.3, 0.4) is 0 Å². The van der Waals surface area contributed by atoms with Crippen molar-refractivity contribution < 1.29 is 0 Å². The van der Waals surface area contributed by atoms with E-state index < -0.39 is 0 Å². The first-order valence-corrected chi connectivity index (χ1v) is 6.23. The number of aromatic nitrogens is 6. The number of hydrogen-bond donors (Lipinski definition) is 2. The van der Waals surface area contributed by atoms with Gasteiger partial charge in [-0.3, -0.25) is 0 Å². The molecule has 3 aromatic heterocycles. The molecule has 0 atom stereocenters. The van der Waals surface area contributed by atoms with Gasteiger partial charge < -0.3 is 10.7 Å². The van der Waals surface area contributed by atoms with Gasteiger partial charge in [0.05, 0.1) is 5.69 Å². The van der Waals surface area contributed by atoms with Gasteiger partial charge in [-0.25, -0.2) is 15.0 Å². The van der Waals surface area contributed by atoms with Crippen molar-refractivity contribution in [3.63, 3.8) is 0 Å². The average Bonchev–Trinajstić information content (AvgIpc) is 2.95. The van der Waals surface area contributed by atoms with Crippen molar-refractivity contribution in [3.05, 3.63) is 12.0 Å². The summed E-state index contributed by atoms with van der Waals surface area (Å²) in [5.74, 6) is 1.37. The molecule has 0 amide bonds. The second kappa shape index (κ2) is 3.98. The summed E-state index contributed by atoms with van der Waals surface area (Å²) < 4.78 is 3.98. The molecule has 3 heterocycles. The lowest BCUT2D eigenvalue weighted by Gasteiger charge is -2.00. The summed E-state index contributed by atoms with van der Waals surface area (Å²) in [7, 11) is 0. The summed E-state index contributed by atoms with van der Waals surface area (Å²) in [6, 6.07) is 0. The molecule has 92 valence electrons. The molecule has 0 radical (unpaired) electrons. The Labute approximate surface area is 107 Å². The monoisotopic (exact) mass is 261 g/mol. The van der Waals surface area contributed by atoms with Crippen molar-refractivity contribution in [2.75, 3.05) is 5.73 Å². The van der Waals surface area contributed by atoms with E-state index in [-0.39, 0.29) is 5.92 Å². The molecule has 18 heavy (non-hydrogen) atoms. The number of fused-ring (bicyclic) bond motifs is 1. The minimum absolute atomic E-state index is 0.287. The first kappa shape index (κ1) is 11.0. The summed E-state index contributed by atoms with van der Waals surface area (Å²) in [4.78, 5) is 16.5. The zero-order valence-corrected chi connectivity index (χ0v) is 10.7. The van der Waals surface area contributed by atoms with Crippen molar-refractivity contribution in [1.29, 1.82) is 0 Å². The summed E-state index contributed by atoms with van der Waals surface area (Å²) in [6.45, 7) is 4.13. The number of imidazole rings is 1. The van der Waals surface area contributed by atoms with Crippen molar-refractivity contribution >= 4 is 28.5 Å². The largest absolute Gasteiger partial charge is 0.382 e. The normalized spacial score (nSPS) is 11.5. The van der Waals surface area contributed by atoms with Crippen LogP contribution in [0.15, 0.2) is 6.33 Å². The minimum Gasteiger partial charge on any atom is -0.382 e. The van der Waals surface area contributed by atoms with Gasteiger partial charge in [0.1, 0.15) is 16.7 Å². The first-order valence-electron chi connectivity index (χ1n) is 5.45. The lowest BCUT2D eigenvalue weighted by atomic mass is 10.1. The molecular weight excluding hydrogens is 250 g/mol. The van der Waals surface area contributed by atoms with Crippen LogP contribution >= 0.6 is 11.5 Å². The minimum atomic E-state index is 0.287. The highest BCUT2D eigenvalue weighted by molar-refractivity contribution is 7.09. The summed E-state index contributed by atoms with van der Waals surface area (Å²) in [6.07, 6.45) is 1.40. The highest BCUT2D eigenvalue weighted by atomic mass is 32.1. The van der Waals surface area contributed by atoms with E-state index in [2.05, 4.69) is 43.4 Å². The van der Waals surface area contributed by atoms with Crippen LogP contribution in [0.25, 0.3) is 21.9 Å². The maximum absolute atomic E-state index is 5.77. The zero-order valence-electron chi connectivity index (χ0n) is 9.88. The number of nitrogens with two attached hydrogens (primary N) is 1. The number of aromatic amines is 1. The number of nitrogen functional groups attached to an aromatic ring is 1. The fourth-order valence-corrected chi connectivity index (χ4v) is 2.46. The molecule has 0 saturated heterocycles. The molecule has 0 unspecified atom stereocenters. The molecule has 3 rings (SSSR count). The van der Waals surface area contributed by atoms with E-state index in [1.165, 1.54) is 17.9 Å². The Morgan fingerprint density at radius 2 is 2.17 bits per heavy atom. The quantitative estimate of drug-likeness (QED) is 0.725. The molecule has 0 fully saturated rings. The molecule has 3 aromatic rings. The number of nitrogens with zero attached hydrogens (tertiary/aromatic N) is 5. The molecule has 0 aliphatic carbocycles. The van der Waals surface area contributed by atoms with Crippen LogP contribution in [0.4, 0.5) is 5.82 Å². The van der Waals surface area contributed by atoms with E-state index >= 15 is 0 Å². The summed E-state index contributed by atoms with van der Waals surface area (Å²) in [5, 5.41) is 4.13. The maximum atomic E-state index is 5.77. The second-order valence-corrected chi connectivity index (χ2v) is 4.94. The molecule has 0 spiro atoms.